The maximum absolute atomic E-state index is 12.5. The highest BCUT2D eigenvalue weighted by molar-refractivity contribution is 5.97. The number of unbranched alkanes of at least 4 members (excludes halogenated alkanes) is 1. The molecule has 6 nitrogen and oxygen atoms in total. The second-order valence-electron chi connectivity index (χ2n) is 6.54. The molecule has 1 heterocycles. The molecule has 26 heavy (non-hydrogen) atoms. The maximum atomic E-state index is 12.5. The van der Waals surface area contributed by atoms with Crippen molar-refractivity contribution in [2.75, 3.05) is 44.6 Å². The number of hydrogen-bond donors (Lipinski definition) is 2. The lowest BCUT2D eigenvalue weighted by molar-refractivity contribution is -0.128. The van der Waals surface area contributed by atoms with Gasteiger partial charge >= 0.3 is 0 Å². The molecular weight excluding hydrogens is 326 g/mol. The summed E-state index contributed by atoms with van der Waals surface area (Å²) in [7, 11) is 0. The van der Waals surface area contributed by atoms with Crippen LogP contribution >= 0.6 is 0 Å². The molecule has 0 saturated carbocycles. The van der Waals surface area contributed by atoms with Gasteiger partial charge in [-0.2, -0.15) is 5.26 Å². The summed E-state index contributed by atoms with van der Waals surface area (Å²) in [6.45, 7) is 6.51. The minimum atomic E-state index is -0.216. The fourth-order valence-electron chi connectivity index (χ4n) is 2.97. The third-order valence-corrected chi connectivity index (χ3v) is 4.61. The molecule has 0 bridgehead atoms. The van der Waals surface area contributed by atoms with E-state index in [1.807, 2.05) is 18.2 Å². The van der Waals surface area contributed by atoms with Crippen LogP contribution in [0, 0.1) is 11.3 Å². The standard InChI is InChI=1S/C20H29N5O/c1-2-3-4-17-5-7-19(8-6-17)23-16-18(15-22)20(26)25-13-11-24(10-9-21)12-14-25/h5-8,16,23H,2-4,9-14,21H2,1H3/b18-16-. The van der Waals surface area contributed by atoms with Gasteiger partial charge in [0.05, 0.1) is 0 Å². The molecule has 1 amide bonds. The van der Waals surface area contributed by atoms with E-state index in [2.05, 4.69) is 29.3 Å². The number of carbonyl (C=O) groups is 1. The minimum Gasteiger partial charge on any atom is -0.360 e. The highest BCUT2D eigenvalue weighted by Gasteiger charge is 2.23. The number of nitrogens with one attached hydrogen (secondary N) is 1. The highest BCUT2D eigenvalue weighted by Crippen LogP contribution is 2.13. The van der Waals surface area contributed by atoms with Crippen LogP contribution in [0.5, 0.6) is 0 Å². The molecule has 3 N–H and O–H groups in total. The number of piperazine rings is 1. The summed E-state index contributed by atoms with van der Waals surface area (Å²) in [4.78, 5) is 16.5. The first-order valence-corrected chi connectivity index (χ1v) is 9.35. The number of nitrogens with zero attached hydrogens (tertiary/aromatic N) is 3. The van der Waals surface area contributed by atoms with Crippen LogP contribution in [0.3, 0.4) is 0 Å². The van der Waals surface area contributed by atoms with Crippen molar-refractivity contribution in [1.82, 2.24) is 9.80 Å². The maximum Gasteiger partial charge on any atom is 0.266 e. The summed E-state index contributed by atoms with van der Waals surface area (Å²) in [5.74, 6) is -0.216. The Balaban J connectivity index is 1.91. The van der Waals surface area contributed by atoms with E-state index in [0.29, 0.717) is 19.6 Å². The quantitative estimate of drug-likeness (QED) is 0.550. The van der Waals surface area contributed by atoms with E-state index in [0.717, 1.165) is 31.7 Å². The molecule has 2 rings (SSSR count). The largest absolute Gasteiger partial charge is 0.360 e. The van der Waals surface area contributed by atoms with Gasteiger partial charge in [-0.3, -0.25) is 9.69 Å². The molecule has 0 aliphatic carbocycles. The van der Waals surface area contributed by atoms with E-state index in [4.69, 9.17) is 5.73 Å². The van der Waals surface area contributed by atoms with Crippen LogP contribution in [0.15, 0.2) is 36.0 Å². The number of anilines is 1. The number of hydrogen-bond acceptors (Lipinski definition) is 5. The number of aryl methyl sites for hydroxylation is 1. The third kappa shape index (κ3) is 5.87. The van der Waals surface area contributed by atoms with Crippen LogP contribution in [0.1, 0.15) is 25.3 Å². The molecule has 1 aromatic rings. The molecule has 0 aromatic heterocycles. The lowest BCUT2D eigenvalue weighted by Gasteiger charge is -2.34. The van der Waals surface area contributed by atoms with Crippen LogP contribution in [-0.2, 0) is 11.2 Å². The number of nitriles is 1. The fraction of sp³-hybridized carbons (Fsp3) is 0.500. The topological polar surface area (TPSA) is 85.4 Å². The normalized spacial score (nSPS) is 15.6. The second-order valence-corrected chi connectivity index (χ2v) is 6.54. The average molecular weight is 355 g/mol. The van der Waals surface area contributed by atoms with Crippen molar-refractivity contribution in [3.63, 3.8) is 0 Å². The molecule has 1 fully saturated rings. The Labute approximate surface area is 156 Å². The lowest BCUT2D eigenvalue weighted by Crippen LogP contribution is -2.50. The fourth-order valence-corrected chi connectivity index (χ4v) is 2.97. The molecule has 1 aliphatic heterocycles. The highest BCUT2D eigenvalue weighted by atomic mass is 16.2. The SMILES string of the molecule is CCCCc1ccc(N/C=C(/C#N)C(=O)N2CCN(CCN)CC2)cc1. The van der Waals surface area contributed by atoms with Crippen LogP contribution in [0.4, 0.5) is 5.69 Å². The smallest absolute Gasteiger partial charge is 0.266 e. The van der Waals surface area contributed by atoms with E-state index >= 15 is 0 Å². The first-order chi connectivity index (χ1) is 12.7. The van der Waals surface area contributed by atoms with E-state index in [9.17, 15) is 10.1 Å². The first kappa shape index (κ1) is 20.0. The zero-order valence-electron chi connectivity index (χ0n) is 15.6. The van der Waals surface area contributed by atoms with Gasteiger partial charge in [0.15, 0.2) is 0 Å². The van der Waals surface area contributed by atoms with E-state index < -0.39 is 0 Å². The van der Waals surface area contributed by atoms with Crippen molar-refractivity contribution in [3.8, 4) is 6.07 Å². The van der Waals surface area contributed by atoms with Crippen molar-refractivity contribution in [3.05, 3.63) is 41.6 Å². The summed E-state index contributed by atoms with van der Waals surface area (Å²) in [5, 5.41) is 12.4. The molecule has 1 aliphatic rings. The summed E-state index contributed by atoms with van der Waals surface area (Å²) in [6, 6.07) is 10.1. The first-order valence-electron chi connectivity index (χ1n) is 9.35. The van der Waals surface area contributed by atoms with Crippen molar-refractivity contribution in [2.45, 2.75) is 26.2 Å². The molecule has 1 saturated heterocycles. The second kappa shape index (κ2) is 10.6. The zero-order valence-corrected chi connectivity index (χ0v) is 15.6. The van der Waals surface area contributed by atoms with Crippen LogP contribution in [0.2, 0.25) is 0 Å². The Hall–Kier alpha value is -2.36. The predicted octanol–water partition coefficient (Wildman–Crippen LogP) is 1.95. The van der Waals surface area contributed by atoms with Gasteiger partial charge in [0.1, 0.15) is 11.6 Å². The van der Waals surface area contributed by atoms with Crippen LogP contribution in [-0.4, -0.2) is 55.0 Å². The van der Waals surface area contributed by atoms with Gasteiger partial charge < -0.3 is 16.0 Å². The van der Waals surface area contributed by atoms with Gasteiger partial charge in [0.25, 0.3) is 5.91 Å². The number of rotatable bonds is 8. The van der Waals surface area contributed by atoms with Gasteiger partial charge in [0.2, 0.25) is 0 Å². The molecule has 6 heteroatoms. The Kier molecular flexibility index (Phi) is 8.13. The molecule has 140 valence electrons. The Bertz CT molecular complexity index is 639. The summed E-state index contributed by atoms with van der Waals surface area (Å²) in [5.41, 5.74) is 7.87. The molecule has 1 aromatic carbocycles. The van der Waals surface area contributed by atoms with E-state index in [1.54, 1.807) is 4.90 Å². The van der Waals surface area contributed by atoms with Crippen molar-refractivity contribution < 1.29 is 4.79 Å². The Morgan fingerprint density at radius 2 is 1.96 bits per heavy atom. The third-order valence-electron chi connectivity index (χ3n) is 4.61. The summed E-state index contributed by atoms with van der Waals surface area (Å²) < 4.78 is 0. The van der Waals surface area contributed by atoms with Gasteiger partial charge in [0, 0.05) is 51.2 Å². The zero-order chi connectivity index (χ0) is 18.8. The molecule has 0 atom stereocenters. The van der Waals surface area contributed by atoms with Gasteiger partial charge in [-0.05, 0) is 30.5 Å². The van der Waals surface area contributed by atoms with Gasteiger partial charge in [-0.15, -0.1) is 0 Å². The molecule has 0 unspecified atom stereocenters. The number of nitrogens with two attached hydrogens (primary N) is 1. The van der Waals surface area contributed by atoms with E-state index in [1.165, 1.54) is 24.6 Å². The van der Waals surface area contributed by atoms with Crippen molar-refractivity contribution in [1.29, 1.82) is 5.26 Å². The molecule has 0 radical (unpaired) electrons. The van der Waals surface area contributed by atoms with Gasteiger partial charge in [-0.25, -0.2) is 0 Å². The molecular formula is C20H29N5O. The summed E-state index contributed by atoms with van der Waals surface area (Å²) >= 11 is 0. The Morgan fingerprint density at radius 1 is 1.27 bits per heavy atom. The minimum absolute atomic E-state index is 0.132. The number of benzene rings is 1. The van der Waals surface area contributed by atoms with Crippen LogP contribution in [0.25, 0.3) is 0 Å². The van der Waals surface area contributed by atoms with Crippen molar-refractivity contribution >= 4 is 11.6 Å². The Morgan fingerprint density at radius 3 is 2.54 bits per heavy atom. The predicted molar refractivity (Wildman–Crippen MR) is 104 cm³/mol. The number of amides is 1. The summed E-state index contributed by atoms with van der Waals surface area (Å²) in [6.07, 6.45) is 4.94. The van der Waals surface area contributed by atoms with E-state index in [-0.39, 0.29) is 11.5 Å². The van der Waals surface area contributed by atoms with Crippen molar-refractivity contribution in [2.24, 2.45) is 5.73 Å². The van der Waals surface area contributed by atoms with Crippen LogP contribution < -0.4 is 11.1 Å². The molecule has 0 spiro atoms. The number of carbonyl (C=O) groups excluding carboxylic acids is 1. The lowest BCUT2D eigenvalue weighted by atomic mass is 10.1. The van der Waals surface area contributed by atoms with Gasteiger partial charge in [-0.1, -0.05) is 25.5 Å². The average Bonchev–Trinajstić information content (AvgIpc) is 2.68. The monoisotopic (exact) mass is 355 g/mol.